The van der Waals surface area contributed by atoms with Gasteiger partial charge in [-0.2, -0.15) is 0 Å². The number of rotatable bonds is 9. The van der Waals surface area contributed by atoms with Crippen molar-refractivity contribution in [1.82, 2.24) is 34.7 Å². The second kappa shape index (κ2) is 18.1. The van der Waals surface area contributed by atoms with Gasteiger partial charge in [-0.1, -0.05) is 218 Å². The van der Waals surface area contributed by atoms with Gasteiger partial charge in [0, 0.05) is 43.8 Å². The van der Waals surface area contributed by atoms with E-state index < -0.39 is 12.5 Å². The first-order chi connectivity index (χ1) is 36.7. The van der Waals surface area contributed by atoms with Gasteiger partial charge in [0.05, 0.1) is 27.8 Å². The molecule has 0 bridgehead atoms. The van der Waals surface area contributed by atoms with Gasteiger partial charge in [0.15, 0.2) is 23.8 Å². The van der Waals surface area contributed by atoms with Crippen LogP contribution in [0.4, 0.5) is 0 Å². The molecule has 0 aliphatic carbocycles. The minimum absolute atomic E-state index is 0.405. The molecular formula is C66H46N8. The van der Waals surface area contributed by atoms with Crippen molar-refractivity contribution in [3.05, 3.63) is 266 Å². The highest BCUT2D eigenvalue weighted by Gasteiger charge is 2.31. The lowest BCUT2D eigenvalue weighted by atomic mass is 9.97. The Morgan fingerprint density at radius 3 is 1.51 bits per heavy atom. The van der Waals surface area contributed by atoms with Gasteiger partial charge >= 0.3 is 0 Å². The summed E-state index contributed by atoms with van der Waals surface area (Å²) in [5.41, 5.74) is 14.7. The average Bonchev–Trinajstić information content (AvgIpc) is 4.01. The molecule has 1 aliphatic rings. The average molecular weight is 951 g/mol. The Hall–Kier alpha value is -9.76. The molecule has 0 radical (unpaired) electrons. The molecule has 1 aliphatic heterocycles. The van der Waals surface area contributed by atoms with E-state index in [0.717, 1.165) is 94.1 Å². The van der Waals surface area contributed by atoms with Crippen LogP contribution in [0.15, 0.2) is 260 Å². The van der Waals surface area contributed by atoms with E-state index in [1.807, 2.05) is 36.4 Å². The molecule has 0 fully saturated rings. The van der Waals surface area contributed by atoms with Crippen LogP contribution in [0.1, 0.15) is 23.6 Å². The van der Waals surface area contributed by atoms with Crippen LogP contribution in [-0.2, 0) is 0 Å². The predicted molar refractivity (Wildman–Crippen MR) is 302 cm³/mol. The second-order valence-electron chi connectivity index (χ2n) is 18.7. The number of para-hydroxylation sites is 3. The molecule has 2 atom stereocenters. The molecule has 13 aromatic rings. The van der Waals surface area contributed by atoms with E-state index >= 15 is 0 Å². The van der Waals surface area contributed by atoms with Crippen molar-refractivity contribution in [3.63, 3.8) is 0 Å². The van der Waals surface area contributed by atoms with Crippen LogP contribution in [0.3, 0.4) is 0 Å². The van der Waals surface area contributed by atoms with E-state index in [4.69, 9.17) is 19.9 Å². The van der Waals surface area contributed by atoms with Gasteiger partial charge in [-0.05, 0) is 64.2 Å². The van der Waals surface area contributed by atoms with Crippen molar-refractivity contribution in [3.8, 4) is 62.1 Å². The fourth-order valence-corrected chi connectivity index (χ4v) is 10.8. The summed E-state index contributed by atoms with van der Waals surface area (Å²) >= 11 is 0. The molecule has 2 N–H and O–H groups in total. The third-order valence-corrected chi connectivity index (χ3v) is 14.2. The molecule has 74 heavy (non-hydrogen) atoms. The third kappa shape index (κ3) is 7.52. The van der Waals surface area contributed by atoms with Gasteiger partial charge in [0.25, 0.3) is 0 Å². The van der Waals surface area contributed by atoms with E-state index in [0.29, 0.717) is 17.5 Å². The van der Waals surface area contributed by atoms with E-state index in [-0.39, 0.29) is 0 Å². The molecule has 0 spiro atoms. The van der Waals surface area contributed by atoms with Crippen molar-refractivity contribution >= 4 is 49.4 Å². The Morgan fingerprint density at radius 2 is 0.838 bits per heavy atom. The molecule has 0 saturated heterocycles. The second-order valence-corrected chi connectivity index (χ2v) is 18.7. The summed E-state index contributed by atoms with van der Waals surface area (Å²) in [6.45, 7) is 0. The third-order valence-electron chi connectivity index (χ3n) is 14.2. The number of nitrogens with one attached hydrogen (secondary N) is 2. The number of aromatic nitrogens is 5. The normalized spacial score (nSPS) is 14.6. The SMILES string of the molecule is c1ccc(C2=NC(c3cccc(-c4cccc(-c5ccccc5)c4)c3)NC(n3c4ccccc4c4ccc5c6ccccc6n(-c6ccccc6-c6nc(-c7ccccc7)nc(-c7ccccc7)n6)c5c43)N2)cc1. The fourth-order valence-electron chi connectivity index (χ4n) is 10.8. The number of aliphatic imine (C=N–C) groups is 1. The molecule has 14 rings (SSSR count). The van der Waals surface area contributed by atoms with Gasteiger partial charge in [0.1, 0.15) is 12.0 Å². The molecule has 8 heteroatoms. The molecule has 10 aromatic carbocycles. The summed E-state index contributed by atoms with van der Waals surface area (Å²) in [6, 6.07) is 89.5. The number of fused-ring (bicyclic) bond motifs is 7. The van der Waals surface area contributed by atoms with Gasteiger partial charge in [0.2, 0.25) is 0 Å². The molecule has 4 heterocycles. The maximum Gasteiger partial charge on any atom is 0.166 e. The Bertz CT molecular complexity index is 4200. The van der Waals surface area contributed by atoms with E-state index in [1.54, 1.807) is 0 Å². The topological polar surface area (TPSA) is 85.0 Å². The van der Waals surface area contributed by atoms with Crippen LogP contribution in [-0.4, -0.2) is 29.9 Å². The molecule has 8 nitrogen and oxygen atoms in total. The quantitative estimate of drug-likeness (QED) is 0.151. The number of nitrogens with zero attached hydrogens (tertiary/aromatic N) is 6. The lowest BCUT2D eigenvalue weighted by Crippen LogP contribution is -2.47. The van der Waals surface area contributed by atoms with Crippen LogP contribution >= 0.6 is 0 Å². The summed E-state index contributed by atoms with van der Waals surface area (Å²) in [4.78, 5) is 21.0. The Morgan fingerprint density at radius 1 is 0.351 bits per heavy atom. The van der Waals surface area contributed by atoms with Crippen molar-refractivity contribution in [2.75, 3.05) is 0 Å². The Balaban J connectivity index is 0.981. The van der Waals surface area contributed by atoms with Crippen molar-refractivity contribution < 1.29 is 0 Å². The lowest BCUT2D eigenvalue weighted by Gasteiger charge is -2.34. The van der Waals surface area contributed by atoms with Crippen molar-refractivity contribution in [1.29, 1.82) is 0 Å². The predicted octanol–water partition coefficient (Wildman–Crippen LogP) is 15.2. The molecule has 3 aromatic heterocycles. The fraction of sp³-hybridized carbons (Fsp3) is 0.0303. The van der Waals surface area contributed by atoms with Crippen LogP contribution in [0.25, 0.3) is 106 Å². The molecule has 2 unspecified atom stereocenters. The lowest BCUT2D eigenvalue weighted by molar-refractivity contribution is 0.330. The Kier molecular flexibility index (Phi) is 10.6. The zero-order valence-corrected chi connectivity index (χ0v) is 40.1. The smallest absolute Gasteiger partial charge is 0.166 e. The molecular weight excluding hydrogens is 905 g/mol. The maximum absolute atomic E-state index is 5.46. The number of hydrogen-bond acceptors (Lipinski definition) is 6. The first-order valence-corrected chi connectivity index (χ1v) is 25.0. The van der Waals surface area contributed by atoms with Crippen molar-refractivity contribution in [2.24, 2.45) is 4.99 Å². The molecule has 0 saturated carbocycles. The van der Waals surface area contributed by atoms with Gasteiger partial charge in [-0.15, -0.1) is 0 Å². The minimum atomic E-state index is -0.446. The molecule has 350 valence electrons. The maximum atomic E-state index is 5.46. The minimum Gasteiger partial charge on any atom is -0.337 e. The van der Waals surface area contributed by atoms with Crippen LogP contribution in [0, 0.1) is 0 Å². The summed E-state index contributed by atoms with van der Waals surface area (Å²) in [5, 5.41) is 12.5. The number of amidine groups is 1. The van der Waals surface area contributed by atoms with Gasteiger partial charge in [-0.25, -0.2) is 19.9 Å². The summed E-state index contributed by atoms with van der Waals surface area (Å²) < 4.78 is 4.87. The summed E-state index contributed by atoms with van der Waals surface area (Å²) in [7, 11) is 0. The Labute approximate surface area is 427 Å². The first-order valence-electron chi connectivity index (χ1n) is 25.0. The molecule has 0 amide bonds. The number of hydrogen-bond donors (Lipinski definition) is 2. The zero-order chi connectivity index (χ0) is 49.0. The zero-order valence-electron chi connectivity index (χ0n) is 40.1. The van der Waals surface area contributed by atoms with Crippen LogP contribution < -0.4 is 10.6 Å². The summed E-state index contributed by atoms with van der Waals surface area (Å²) in [5.74, 6) is 2.61. The van der Waals surface area contributed by atoms with Crippen LogP contribution in [0.5, 0.6) is 0 Å². The van der Waals surface area contributed by atoms with Gasteiger partial charge < -0.3 is 14.5 Å². The monoisotopic (exact) mass is 950 g/mol. The van der Waals surface area contributed by atoms with Crippen molar-refractivity contribution in [2.45, 2.75) is 12.5 Å². The summed E-state index contributed by atoms with van der Waals surface area (Å²) in [6.07, 6.45) is -0.852. The highest BCUT2D eigenvalue weighted by Crippen LogP contribution is 2.43. The van der Waals surface area contributed by atoms with E-state index in [2.05, 4.69) is 238 Å². The van der Waals surface area contributed by atoms with E-state index in [1.165, 1.54) is 11.1 Å². The standard InChI is InChI=1S/C66H46N8/c1-5-21-43(22-6-1)47-29-19-30-48(41-47)49-31-20-32-50(42-49)64-68-63(46-27-11-4-12-28-46)71-66(72-64)74-57-37-17-14-34-52(57)54-40-39-53-51-33-13-16-36-56(51)73(59(53)60(54)74)58-38-18-15-35-55(58)65-69-61(44-23-7-2-8-24-44)67-62(70-65)45-25-9-3-10-26-45/h1-42,64,66,72H,(H,68,71). The highest BCUT2D eigenvalue weighted by atomic mass is 15.4. The highest BCUT2D eigenvalue weighted by molar-refractivity contribution is 6.23. The largest absolute Gasteiger partial charge is 0.337 e. The first kappa shape index (κ1) is 43.1. The number of benzene rings is 10. The van der Waals surface area contributed by atoms with Gasteiger partial charge in [-0.3, -0.25) is 5.32 Å². The van der Waals surface area contributed by atoms with Crippen LogP contribution in [0.2, 0.25) is 0 Å². The van der Waals surface area contributed by atoms with E-state index in [9.17, 15) is 0 Å².